The molecule has 8 heteroatoms. The average Bonchev–Trinajstić information content (AvgIpc) is 3.45. The summed E-state index contributed by atoms with van der Waals surface area (Å²) in [5.41, 5.74) is 1.12. The molecule has 1 aliphatic heterocycles. The fraction of sp³-hybridized carbons (Fsp3) is 0.364. The van der Waals surface area contributed by atoms with Gasteiger partial charge in [0.2, 0.25) is 5.91 Å². The molecule has 158 valence electrons. The Labute approximate surface area is 171 Å². The number of amides is 1. The molecular weight excluding hydrogens is 400 g/mol. The van der Waals surface area contributed by atoms with Gasteiger partial charge in [-0.2, -0.15) is 13.2 Å². The number of hydrogen-bond donors (Lipinski definition) is 0. The maximum Gasteiger partial charge on any atom is 0.416 e. The normalized spacial score (nSPS) is 18.7. The molecule has 0 saturated heterocycles. The van der Waals surface area contributed by atoms with Gasteiger partial charge >= 0.3 is 6.18 Å². The molecule has 4 nitrogen and oxygen atoms in total. The second kappa shape index (κ2) is 8.08. The molecule has 0 radical (unpaired) electrons. The van der Waals surface area contributed by atoms with Crippen LogP contribution in [0.3, 0.4) is 0 Å². The van der Waals surface area contributed by atoms with Gasteiger partial charge in [-0.15, -0.1) is 0 Å². The van der Waals surface area contributed by atoms with E-state index in [0.29, 0.717) is 23.3 Å². The second-order valence-corrected chi connectivity index (χ2v) is 7.67. The maximum absolute atomic E-state index is 13.5. The Morgan fingerprint density at radius 3 is 2.50 bits per heavy atom. The molecule has 0 aromatic heterocycles. The van der Waals surface area contributed by atoms with Gasteiger partial charge in [-0.1, -0.05) is 29.4 Å². The number of halogens is 4. The van der Waals surface area contributed by atoms with Crippen molar-refractivity contribution in [2.45, 2.75) is 38.1 Å². The molecular formula is C22H20F4N2O2. The molecule has 0 unspecified atom stereocenters. The molecule has 0 bridgehead atoms. The summed E-state index contributed by atoms with van der Waals surface area (Å²) in [4.78, 5) is 19.8. The van der Waals surface area contributed by atoms with Crippen molar-refractivity contribution >= 4 is 11.6 Å². The number of alkyl halides is 3. The van der Waals surface area contributed by atoms with Crippen molar-refractivity contribution in [3.05, 3.63) is 71.0 Å². The van der Waals surface area contributed by atoms with Crippen molar-refractivity contribution in [2.24, 2.45) is 11.1 Å². The van der Waals surface area contributed by atoms with E-state index in [-0.39, 0.29) is 36.8 Å². The number of nitrogens with zero attached hydrogens (tertiary/aromatic N) is 2. The van der Waals surface area contributed by atoms with E-state index in [2.05, 4.69) is 5.16 Å². The molecule has 2 aromatic carbocycles. The first-order valence-corrected chi connectivity index (χ1v) is 9.73. The Balaban J connectivity index is 1.43. The number of carbonyl (C=O) groups excluding carboxylic acids is 1. The quantitative estimate of drug-likeness (QED) is 0.632. The van der Waals surface area contributed by atoms with Crippen LogP contribution >= 0.6 is 0 Å². The van der Waals surface area contributed by atoms with Crippen LogP contribution in [0.5, 0.6) is 0 Å². The number of oxime groups is 1. The van der Waals surface area contributed by atoms with Crippen LogP contribution in [0.2, 0.25) is 0 Å². The van der Waals surface area contributed by atoms with Crippen molar-refractivity contribution in [1.82, 2.24) is 4.90 Å². The lowest BCUT2D eigenvalue weighted by molar-refractivity contribution is -0.138. The summed E-state index contributed by atoms with van der Waals surface area (Å²) in [6, 6.07) is 10.9. The molecule has 1 saturated carbocycles. The molecule has 0 spiro atoms. The predicted octanol–water partition coefficient (Wildman–Crippen LogP) is 4.78. The highest BCUT2D eigenvalue weighted by molar-refractivity contribution is 6.01. The van der Waals surface area contributed by atoms with Crippen LogP contribution in [0.4, 0.5) is 17.6 Å². The topological polar surface area (TPSA) is 41.9 Å². The summed E-state index contributed by atoms with van der Waals surface area (Å²) in [5.74, 6) is -0.436. The molecule has 1 heterocycles. The summed E-state index contributed by atoms with van der Waals surface area (Å²) in [6.45, 7) is 0.460. The van der Waals surface area contributed by atoms with Crippen molar-refractivity contribution in [1.29, 1.82) is 0 Å². The Morgan fingerprint density at radius 1 is 1.13 bits per heavy atom. The van der Waals surface area contributed by atoms with E-state index in [0.717, 1.165) is 25.0 Å². The second-order valence-electron chi connectivity index (χ2n) is 7.67. The summed E-state index contributed by atoms with van der Waals surface area (Å²) in [7, 11) is 0. The minimum absolute atomic E-state index is 0.0299. The highest BCUT2D eigenvalue weighted by Gasteiger charge is 2.36. The smallest absolute Gasteiger partial charge is 0.390 e. The molecule has 1 amide bonds. The molecule has 4 rings (SSSR count). The van der Waals surface area contributed by atoms with Gasteiger partial charge in [-0.05, 0) is 42.7 Å². The maximum atomic E-state index is 13.5. The molecule has 1 aliphatic carbocycles. The van der Waals surface area contributed by atoms with Crippen LogP contribution in [0.1, 0.15) is 36.0 Å². The van der Waals surface area contributed by atoms with Gasteiger partial charge in [0, 0.05) is 24.4 Å². The third kappa shape index (κ3) is 4.80. The van der Waals surface area contributed by atoms with Crippen LogP contribution in [-0.4, -0.2) is 29.2 Å². The molecule has 0 N–H and O–H groups in total. The Kier molecular flexibility index (Phi) is 5.49. The van der Waals surface area contributed by atoms with Crippen LogP contribution in [0.15, 0.2) is 53.7 Å². The first-order chi connectivity index (χ1) is 14.3. The lowest BCUT2D eigenvalue weighted by atomic mass is 10.0. The van der Waals surface area contributed by atoms with Crippen molar-refractivity contribution in [3.8, 4) is 0 Å². The largest absolute Gasteiger partial charge is 0.416 e. The summed E-state index contributed by atoms with van der Waals surface area (Å²) >= 11 is 0. The van der Waals surface area contributed by atoms with E-state index >= 15 is 0 Å². The third-order valence-electron chi connectivity index (χ3n) is 5.21. The van der Waals surface area contributed by atoms with E-state index in [1.165, 1.54) is 24.3 Å². The summed E-state index contributed by atoms with van der Waals surface area (Å²) in [5, 5.41) is 4.03. The van der Waals surface area contributed by atoms with E-state index in [9.17, 15) is 22.4 Å². The lowest BCUT2D eigenvalue weighted by Crippen LogP contribution is -2.38. The molecule has 1 atom stereocenters. The van der Waals surface area contributed by atoms with Crippen molar-refractivity contribution < 1.29 is 27.2 Å². The van der Waals surface area contributed by atoms with Gasteiger partial charge in [-0.25, -0.2) is 4.39 Å². The van der Waals surface area contributed by atoms with Crippen LogP contribution in [0.25, 0.3) is 0 Å². The summed E-state index contributed by atoms with van der Waals surface area (Å²) < 4.78 is 51.8. The van der Waals surface area contributed by atoms with Crippen LogP contribution in [-0.2, 0) is 22.4 Å². The zero-order valence-corrected chi connectivity index (χ0v) is 16.0. The van der Waals surface area contributed by atoms with Gasteiger partial charge in [0.15, 0.2) is 6.10 Å². The molecule has 30 heavy (non-hydrogen) atoms. The average molecular weight is 420 g/mol. The van der Waals surface area contributed by atoms with Crippen molar-refractivity contribution in [2.75, 3.05) is 6.54 Å². The first kappa shape index (κ1) is 20.4. The summed E-state index contributed by atoms with van der Waals surface area (Å²) in [6.07, 6.45) is -2.73. The van der Waals surface area contributed by atoms with E-state index in [4.69, 9.17) is 4.84 Å². The standard InChI is InChI=1S/C22H20F4N2O2/c23-18-3-1-2-16(10-18)20-11-19(30-27-20)13-28(21(29)15-6-7-15)12-14-4-8-17(9-5-14)22(24,25)26/h1-5,8-10,15,19H,6-7,11-13H2/t19-/m0/s1. The van der Waals surface area contributed by atoms with E-state index in [1.807, 2.05) is 0 Å². The fourth-order valence-electron chi connectivity index (χ4n) is 3.45. The van der Waals surface area contributed by atoms with Gasteiger partial charge in [-0.3, -0.25) is 4.79 Å². The molecule has 2 aromatic rings. The number of benzene rings is 2. The minimum atomic E-state index is -4.40. The monoisotopic (exact) mass is 420 g/mol. The Morgan fingerprint density at radius 2 is 1.87 bits per heavy atom. The van der Waals surface area contributed by atoms with Gasteiger partial charge in [0.1, 0.15) is 5.82 Å². The molecule has 1 fully saturated rings. The zero-order valence-electron chi connectivity index (χ0n) is 16.0. The van der Waals surface area contributed by atoms with Gasteiger partial charge < -0.3 is 9.74 Å². The predicted molar refractivity (Wildman–Crippen MR) is 102 cm³/mol. The number of carbonyl (C=O) groups is 1. The SMILES string of the molecule is O=C(C1CC1)N(Cc1ccc(C(F)(F)F)cc1)C[C@@H]1CC(c2cccc(F)c2)=NO1. The highest BCUT2D eigenvalue weighted by atomic mass is 19.4. The Bertz CT molecular complexity index is 952. The Hall–Kier alpha value is -2.90. The van der Waals surface area contributed by atoms with Gasteiger partial charge in [0.05, 0.1) is 17.8 Å². The van der Waals surface area contributed by atoms with E-state index < -0.39 is 11.7 Å². The zero-order chi connectivity index (χ0) is 21.3. The fourth-order valence-corrected chi connectivity index (χ4v) is 3.45. The third-order valence-corrected chi connectivity index (χ3v) is 5.21. The molecule has 2 aliphatic rings. The number of rotatable bonds is 6. The lowest BCUT2D eigenvalue weighted by Gasteiger charge is -2.25. The van der Waals surface area contributed by atoms with Crippen LogP contribution < -0.4 is 0 Å². The highest BCUT2D eigenvalue weighted by Crippen LogP contribution is 2.33. The van der Waals surface area contributed by atoms with Crippen LogP contribution in [0, 0.1) is 11.7 Å². The van der Waals surface area contributed by atoms with Crippen molar-refractivity contribution in [3.63, 3.8) is 0 Å². The first-order valence-electron chi connectivity index (χ1n) is 9.73. The van der Waals surface area contributed by atoms with Gasteiger partial charge in [0.25, 0.3) is 0 Å². The number of hydrogen-bond acceptors (Lipinski definition) is 3. The minimum Gasteiger partial charge on any atom is -0.390 e. The van der Waals surface area contributed by atoms with E-state index in [1.54, 1.807) is 17.0 Å².